The van der Waals surface area contributed by atoms with E-state index in [0.29, 0.717) is 11.2 Å². The predicted octanol–water partition coefficient (Wildman–Crippen LogP) is 4.28. The van der Waals surface area contributed by atoms with Crippen LogP contribution in [0.1, 0.15) is 51.1 Å². The van der Waals surface area contributed by atoms with Crippen LogP contribution in [0.15, 0.2) is 12.5 Å². The van der Waals surface area contributed by atoms with Crippen molar-refractivity contribution in [3.63, 3.8) is 0 Å². The van der Waals surface area contributed by atoms with E-state index in [1.54, 1.807) is 0 Å². The largest absolute Gasteiger partial charge is 0.348 e. The summed E-state index contributed by atoms with van der Waals surface area (Å²) < 4.78 is 13.8. The minimum absolute atomic E-state index is 0.318. The smallest absolute Gasteiger partial charge is 0.168 e. The highest BCUT2D eigenvalue weighted by Gasteiger charge is 2.40. The zero-order valence-electron chi connectivity index (χ0n) is 14.0. The molecule has 5 nitrogen and oxygen atoms in total. The summed E-state index contributed by atoms with van der Waals surface area (Å²) in [5, 5.41) is 1.50. The van der Waals surface area contributed by atoms with E-state index in [0.717, 1.165) is 55.5 Å². The van der Waals surface area contributed by atoms with Gasteiger partial charge in [0.05, 0.1) is 18.6 Å². The Morgan fingerprint density at radius 3 is 2.48 bits per heavy atom. The number of hydrogen-bond donors (Lipinski definition) is 0. The Labute approximate surface area is 142 Å². The van der Waals surface area contributed by atoms with Crippen LogP contribution in [-0.4, -0.2) is 33.5 Å². The molecule has 0 unspecified atom stereocenters. The summed E-state index contributed by atoms with van der Waals surface area (Å²) in [6.07, 6.45) is 7.62. The van der Waals surface area contributed by atoms with Gasteiger partial charge in [0, 0.05) is 25.1 Å². The summed E-state index contributed by atoms with van der Waals surface area (Å²) >= 11 is 6.21. The lowest BCUT2D eigenvalue weighted by molar-refractivity contribution is -0.181. The minimum atomic E-state index is -0.318. The molecular weight excluding hydrogens is 314 g/mol. The second-order valence-corrected chi connectivity index (χ2v) is 6.28. The van der Waals surface area contributed by atoms with Crippen molar-refractivity contribution in [3.05, 3.63) is 23.2 Å². The molecule has 1 spiro atoms. The van der Waals surface area contributed by atoms with Gasteiger partial charge in [-0.25, -0.2) is 9.97 Å². The third-order valence-corrected chi connectivity index (χ3v) is 4.96. The Hall–Kier alpha value is -1.17. The van der Waals surface area contributed by atoms with Crippen LogP contribution in [0, 0.1) is 6.92 Å². The fourth-order valence-electron chi connectivity index (χ4n) is 3.61. The molecule has 3 heterocycles. The molecule has 0 aromatic carbocycles. The van der Waals surface area contributed by atoms with Gasteiger partial charge < -0.3 is 14.0 Å². The molecule has 126 valence electrons. The van der Waals surface area contributed by atoms with Crippen LogP contribution < -0.4 is 0 Å². The van der Waals surface area contributed by atoms with Crippen LogP contribution in [0.3, 0.4) is 0 Å². The van der Waals surface area contributed by atoms with E-state index in [1.807, 2.05) is 13.8 Å². The molecule has 0 bridgehead atoms. The number of halogens is 1. The topological polar surface area (TPSA) is 49.2 Å². The highest BCUT2D eigenvalue weighted by molar-refractivity contribution is 6.34. The maximum absolute atomic E-state index is 6.21. The van der Waals surface area contributed by atoms with Gasteiger partial charge in [0.15, 0.2) is 5.79 Å². The molecule has 2 aliphatic rings. The fraction of sp³-hybridized carbons (Fsp3) is 0.647. The van der Waals surface area contributed by atoms with Crippen molar-refractivity contribution < 1.29 is 9.47 Å². The molecule has 1 aliphatic carbocycles. The zero-order valence-corrected chi connectivity index (χ0v) is 14.8. The number of rotatable bonds is 1. The lowest BCUT2D eigenvalue weighted by atomic mass is 9.90. The first-order valence-corrected chi connectivity index (χ1v) is 8.82. The van der Waals surface area contributed by atoms with Crippen LogP contribution in [0.25, 0.3) is 11.0 Å². The summed E-state index contributed by atoms with van der Waals surface area (Å²) in [5.74, 6) is -0.318. The van der Waals surface area contributed by atoms with Crippen LogP contribution in [0.4, 0.5) is 0 Å². The molecule has 0 atom stereocenters. The Bertz CT molecular complexity index is 670. The third kappa shape index (κ3) is 2.97. The molecule has 1 saturated carbocycles. The molecule has 6 heteroatoms. The Kier molecular flexibility index (Phi) is 4.90. The first-order valence-electron chi connectivity index (χ1n) is 8.44. The van der Waals surface area contributed by atoms with Gasteiger partial charge in [-0.2, -0.15) is 0 Å². The highest BCUT2D eigenvalue weighted by Crippen LogP contribution is 2.41. The summed E-state index contributed by atoms with van der Waals surface area (Å²) in [4.78, 5) is 8.52. The van der Waals surface area contributed by atoms with Crippen molar-refractivity contribution >= 4 is 22.6 Å². The van der Waals surface area contributed by atoms with E-state index in [9.17, 15) is 0 Å². The predicted molar refractivity (Wildman–Crippen MR) is 90.8 cm³/mol. The van der Waals surface area contributed by atoms with E-state index in [2.05, 4.69) is 27.7 Å². The highest BCUT2D eigenvalue weighted by atomic mass is 35.5. The molecule has 0 amide bonds. The van der Waals surface area contributed by atoms with Crippen molar-refractivity contribution in [1.29, 1.82) is 0 Å². The van der Waals surface area contributed by atoms with Gasteiger partial charge in [0.25, 0.3) is 0 Å². The van der Waals surface area contributed by atoms with E-state index in [4.69, 9.17) is 21.1 Å². The standard InChI is InChI=1S/C15H18ClN3O2.C2H6/c1-10-8-19(14-12(10)13(16)17-9-18-14)11-2-4-15(5-3-11)20-6-7-21-15;1-2/h8-9,11H,2-7H2,1H3;1-2H3. The minimum Gasteiger partial charge on any atom is -0.348 e. The Morgan fingerprint density at radius 1 is 1.17 bits per heavy atom. The van der Waals surface area contributed by atoms with Crippen LogP contribution in [0.2, 0.25) is 5.15 Å². The average molecular weight is 338 g/mol. The number of hydrogen-bond acceptors (Lipinski definition) is 4. The monoisotopic (exact) mass is 337 g/mol. The molecule has 0 radical (unpaired) electrons. The van der Waals surface area contributed by atoms with Gasteiger partial charge in [0.2, 0.25) is 0 Å². The van der Waals surface area contributed by atoms with Crippen LogP contribution in [0.5, 0.6) is 0 Å². The second kappa shape index (κ2) is 6.75. The number of nitrogens with zero attached hydrogens (tertiary/aromatic N) is 3. The van der Waals surface area contributed by atoms with Gasteiger partial charge in [-0.15, -0.1) is 0 Å². The van der Waals surface area contributed by atoms with Crippen LogP contribution >= 0.6 is 11.6 Å². The molecule has 23 heavy (non-hydrogen) atoms. The normalized spacial score (nSPS) is 20.7. The number of aromatic nitrogens is 3. The number of fused-ring (bicyclic) bond motifs is 1. The second-order valence-electron chi connectivity index (χ2n) is 5.92. The molecule has 2 aromatic heterocycles. The summed E-state index contributed by atoms with van der Waals surface area (Å²) in [5.41, 5.74) is 2.06. The summed E-state index contributed by atoms with van der Waals surface area (Å²) in [6, 6.07) is 0.422. The Balaban J connectivity index is 0.000000753. The molecule has 2 fully saturated rings. The lowest BCUT2D eigenvalue weighted by Gasteiger charge is -2.36. The third-order valence-electron chi connectivity index (χ3n) is 4.68. The van der Waals surface area contributed by atoms with Crippen molar-refractivity contribution in [2.24, 2.45) is 0 Å². The molecule has 0 N–H and O–H groups in total. The molecule has 2 aromatic rings. The summed E-state index contributed by atoms with van der Waals surface area (Å²) in [6.45, 7) is 7.50. The van der Waals surface area contributed by atoms with Gasteiger partial charge in [-0.05, 0) is 25.3 Å². The van der Waals surface area contributed by atoms with Gasteiger partial charge >= 0.3 is 0 Å². The van der Waals surface area contributed by atoms with E-state index in [-0.39, 0.29) is 5.79 Å². The molecule has 1 saturated heterocycles. The zero-order chi connectivity index (χ0) is 16.4. The fourth-order valence-corrected chi connectivity index (χ4v) is 3.89. The van der Waals surface area contributed by atoms with Gasteiger partial charge in [-0.3, -0.25) is 0 Å². The molecular formula is C17H24ClN3O2. The van der Waals surface area contributed by atoms with Crippen molar-refractivity contribution in [2.75, 3.05) is 13.2 Å². The maximum atomic E-state index is 6.21. The first kappa shape index (κ1) is 16.7. The van der Waals surface area contributed by atoms with Gasteiger partial charge in [0.1, 0.15) is 17.1 Å². The molecule has 4 rings (SSSR count). The summed E-state index contributed by atoms with van der Waals surface area (Å²) in [7, 11) is 0. The van der Waals surface area contributed by atoms with Crippen molar-refractivity contribution in [1.82, 2.24) is 14.5 Å². The van der Waals surface area contributed by atoms with E-state index in [1.165, 1.54) is 6.33 Å². The quantitative estimate of drug-likeness (QED) is 0.729. The molecule has 1 aliphatic heterocycles. The lowest BCUT2D eigenvalue weighted by Crippen LogP contribution is -2.35. The van der Waals surface area contributed by atoms with Gasteiger partial charge in [-0.1, -0.05) is 25.4 Å². The number of aryl methyl sites for hydroxylation is 1. The van der Waals surface area contributed by atoms with Crippen LogP contribution in [-0.2, 0) is 9.47 Å². The van der Waals surface area contributed by atoms with Crippen molar-refractivity contribution in [2.45, 2.75) is 58.3 Å². The van der Waals surface area contributed by atoms with Crippen molar-refractivity contribution in [3.8, 4) is 0 Å². The SMILES string of the molecule is CC.Cc1cn(C2CCC3(CC2)OCCO3)c2ncnc(Cl)c12. The van der Waals surface area contributed by atoms with E-state index < -0.39 is 0 Å². The first-order chi connectivity index (χ1) is 11.2. The maximum Gasteiger partial charge on any atom is 0.168 e. The number of ether oxygens (including phenoxy) is 2. The van der Waals surface area contributed by atoms with E-state index >= 15 is 0 Å². The average Bonchev–Trinajstić information content (AvgIpc) is 3.16. The Morgan fingerprint density at radius 2 is 1.83 bits per heavy atom.